The Hall–Kier alpha value is -2.48. The summed E-state index contributed by atoms with van der Waals surface area (Å²) < 4.78 is 52.8. The zero-order chi connectivity index (χ0) is 17.0. The molecule has 0 spiro atoms. The van der Waals surface area contributed by atoms with Gasteiger partial charge in [0.25, 0.3) is 10.0 Å². The third kappa shape index (κ3) is 4.49. The van der Waals surface area contributed by atoms with E-state index in [0.717, 1.165) is 12.1 Å². The molecule has 0 bridgehead atoms. The van der Waals surface area contributed by atoms with Crippen molar-refractivity contribution >= 4 is 21.6 Å². The van der Waals surface area contributed by atoms with Gasteiger partial charge in [0.15, 0.2) is 0 Å². The number of rotatable bonds is 5. The lowest BCUT2D eigenvalue weighted by molar-refractivity contribution is -0.119. The van der Waals surface area contributed by atoms with Crippen LogP contribution in [0.1, 0.15) is 12.5 Å². The Morgan fingerprint density at radius 2 is 1.74 bits per heavy atom. The van der Waals surface area contributed by atoms with E-state index in [1.807, 2.05) is 0 Å². The second kappa shape index (κ2) is 6.74. The van der Waals surface area contributed by atoms with Crippen LogP contribution in [0.4, 0.5) is 14.5 Å². The van der Waals surface area contributed by atoms with E-state index in [0.29, 0.717) is 11.6 Å². The molecular formula is C15H14F2N2O3S. The van der Waals surface area contributed by atoms with E-state index in [9.17, 15) is 22.0 Å². The predicted molar refractivity (Wildman–Crippen MR) is 81.1 cm³/mol. The summed E-state index contributed by atoms with van der Waals surface area (Å²) in [6, 6.07) is 8.29. The van der Waals surface area contributed by atoms with Crippen LogP contribution in [0, 0.1) is 11.6 Å². The second-order valence-electron chi connectivity index (χ2n) is 4.78. The van der Waals surface area contributed by atoms with E-state index in [2.05, 4.69) is 10.0 Å². The number of nitrogens with one attached hydrogen (secondary N) is 2. The van der Waals surface area contributed by atoms with Gasteiger partial charge in [0, 0.05) is 19.5 Å². The standard InChI is InChI=1S/C15H14F2N2O3S/c1-10(20)18-9-11-2-5-13(6-3-11)23(21,22)19-15-7-4-12(16)8-14(15)17/h2-8,19H,9H2,1H3,(H,18,20). The van der Waals surface area contributed by atoms with Crippen molar-refractivity contribution in [1.29, 1.82) is 0 Å². The van der Waals surface area contributed by atoms with Crippen molar-refractivity contribution in [2.45, 2.75) is 18.4 Å². The van der Waals surface area contributed by atoms with Crippen molar-refractivity contribution in [2.24, 2.45) is 0 Å². The number of carbonyl (C=O) groups is 1. The molecule has 5 nitrogen and oxygen atoms in total. The van der Waals surface area contributed by atoms with Crippen LogP contribution in [0.5, 0.6) is 0 Å². The molecule has 0 fully saturated rings. The molecule has 0 unspecified atom stereocenters. The average Bonchev–Trinajstić information content (AvgIpc) is 2.48. The van der Waals surface area contributed by atoms with Gasteiger partial charge in [-0.25, -0.2) is 17.2 Å². The first-order chi connectivity index (χ1) is 10.8. The zero-order valence-corrected chi connectivity index (χ0v) is 13.0. The molecule has 0 aliphatic heterocycles. The molecule has 2 aromatic rings. The number of sulfonamides is 1. The van der Waals surface area contributed by atoms with Crippen LogP contribution >= 0.6 is 0 Å². The lowest BCUT2D eigenvalue weighted by atomic mass is 10.2. The van der Waals surface area contributed by atoms with Gasteiger partial charge in [0.1, 0.15) is 11.6 Å². The number of hydrogen-bond acceptors (Lipinski definition) is 3. The Bertz CT molecular complexity index is 821. The molecule has 0 aromatic heterocycles. The summed E-state index contributed by atoms with van der Waals surface area (Å²) in [5, 5.41) is 2.58. The van der Waals surface area contributed by atoms with E-state index >= 15 is 0 Å². The molecule has 0 saturated heterocycles. The maximum Gasteiger partial charge on any atom is 0.261 e. The Morgan fingerprint density at radius 3 is 2.30 bits per heavy atom. The van der Waals surface area contributed by atoms with Crippen LogP contribution in [0.3, 0.4) is 0 Å². The summed E-state index contributed by atoms with van der Waals surface area (Å²) in [5.41, 5.74) is 0.376. The van der Waals surface area contributed by atoms with Crippen molar-refractivity contribution in [3.05, 3.63) is 59.7 Å². The van der Waals surface area contributed by atoms with Gasteiger partial charge in [-0.05, 0) is 29.8 Å². The summed E-state index contributed by atoms with van der Waals surface area (Å²) in [5.74, 6) is -2.00. The number of carbonyl (C=O) groups excluding carboxylic acids is 1. The lowest BCUT2D eigenvalue weighted by Gasteiger charge is -2.10. The molecule has 122 valence electrons. The second-order valence-corrected chi connectivity index (χ2v) is 6.47. The van der Waals surface area contributed by atoms with Crippen molar-refractivity contribution in [3.63, 3.8) is 0 Å². The van der Waals surface area contributed by atoms with Gasteiger partial charge in [0.2, 0.25) is 5.91 Å². The number of halogens is 2. The molecule has 0 aliphatic carbocycles. The fraction of sp³-hybridized carbons (Fsp3) is 0.133. The van der Waals surface area contributed by atoms with Gasteiger partial charge in [-0.1, -0.05) is 12.1 Å². The predicted octanol–water partition coefficient (Wildman–Crippen LogP) is 2.40. The molecule has 2 rings (SSSR count). The van der Waals surface area contributed by atoms with E-state index < -0.39 is 21.7 Å². The van der Waals surface area contributed by atoms with Gasteiger partial charge in [-0.3, -0.25) is 9.52 Å². The molecule has 23 heavy (non-hydrogen) atoms. The van der Waals surface area contributed by atoms with Crippen LogP contribution in [0.15, 0.2) is 47.4 Å². The smallest absolute Gasteiger partial charge is 0.261 e. The summed E-state index contributed by atoms with van der Waals surface area (Å²) in [4.78, 5) is 10.7. The molecule has 0 saturated carbocycles. The number of hydrogen-bond donors (Lipinski definition) is 2. The van der Waals surface area contributed by atoms with Crippen LogP contribution in [0.2, 0.25) is 0 Å². The first kappa shape index (κ1) is 16.9. The monoisotopic (exact) mass is 340 g/mol. The highest BCUT2D eigenvalue weighted by Gasteiger charge is 2.16. The highest BCUT2D eigenvalue weighted by Crippen LogP contribution is 2.20. The minimum atomic E-state index is -4.00. The number of benzene rings is 2. The minimum Gasteiger partial charge on any atom is -0.352 e. The third-order valence-electron chi connectivity index (χ3n) is 2.95. The fourth-order valence-electron chi connectivity index (χ4n) is 1.79. The molecule has 1 amide bonds. The maximum atomic E-state index is 13.5. The zero-order valence-electron chi connectivity index (χ0n) is 12.1. The quantitative estimate of drug-likeness (QED) is 0.878. The lowest BCUT2D eigenvalue weighted by Crippen LogP contribution is -2.19. The van der Waals surface area contributed by atoms with E-state index in [4.69, 9.17) is 0 Å². The van der Waals surface area contributed by atoms with Gasteiger partial charge in [-0.15, -0.1) is 0 Å². The topological polar surface area (TPSA) is 75.3 Å². The molecule has 8 heteroatoms. The van der Waals surface area contributed by atoms with Crippen molar-refractivity contribution < 1.29 is 22.0 Å². The van der Waals surface area contributed by atoms with E-state index in [1.165, 1.54) is 31.2 Å². The van der Waals surface area contributed by atoms with Crippen molar-refractivity contribution in [1.82, 2.24) is 5.32 Å². The molecule has 0 heterocycles. The van der Waals surface area contributed by atoms with Crippen LogP contribution in [0.25, 0.3) is 0 Å². The minimum absolute atomic E-state index is 0.0761. The first-order valence-corrected chi connectivity index (χ1v) is 8.07. The molecule has 2 aromatic carbocycles. The fourth-order valence-corrected chi connectivity index (χ4v) is 2.86. The maximum absolute atomic E-state index is 13.5. The Kier molecular flexibility index (Phi) is 4.95. The van der Waals surface area contributed by atoms with Crippen molar-refractivity contribution in [2.75, 3.05) is 4.72 Å². The van der Waals surface area contributed by atoms with Crippen LogP contribution < -0.4 is 10.0 Å². The summed E-state index contributed by atoms with van der Waals surface area (Å²) in [6.45, 7) is 1.65. The first-order valence-electron chi connectivity index (χ1n) is 6.59. The molecule has 0 atom stereocenters. The summed E-state index contributed by atoms with van der Waals surface area (Å²) in [6.07, 6.45) is 0. The van der Waals surface area contributed by atoms with Crippen LogP contribution in [-0.4, -0.2) is 14.3 Å². The summed E-state index contributed by atoms with van der Waals surface area (Å²) >= 11 is 0. The largest absolute Gasteiger partial charge is 0.352 e. The molecular weight excluding hydrogens is 326 g/mol. The molecule has 0 aliphatic rings. The van der Waals surface area contributed by atoms with E-state index in [-0.39, 0.29) is 23.0 Å². The van der Waals surface area contributed by atoms with Crippen LogP contribution in [-0.2, 0) is 21.4 Å². The normalized spacial score (nSPS) is 11.1. The van der Waals surface area contributed by atoms with E-state index in [1.54, 1.807) is 0 Å². The Morgan fingerprint density at radius 1 is 1.09 bits per heavy atom. The van der Waals surface area contributed by atoms with Gasteiger partial charge in [-0.2, -0.15) is 0 Å². The average molecular weight is 340 g/mol. The Balaban J connectivity index is 2.17. The third-order valence-corrected chi connectivity index (χ3v) is 4.33. The van der Waals surface area contributed by atoms with Gasteiger partial charge < -0.3 is 5.32 Å². The Labute approximate surface area is 132 Å². The number of anilines is 1. The van der Waals surface area contributed by atoms with Gasteiger partial charge >= 0.3 is 0 Å². The SMILES string of the molecule is CC(=O)NCc1ccc(S(=O)(=O)Nc2ccc(F)cc2F)cc1. The number of amides is 1. The highest BCUT2D eigenvalue weighted by atomic mass is 32.2. The molecule has 2 N–H and O–H groups in total. The highest BCUT2D eigenvalue weighted by molar-refractivity contribution is 7.92. The molecule has 0 radical (unpaired) electrons. The van der Waals surface area contributed by atoms with Gasteiger partial charge in [0.05, 0.1) is 10.6 Å². The van der Waals surface area contributed by atoms with Crippen molar-refractivity contribution in [3.8, 4) is 0 Å². The summed E-state index contributed by atoms with van der Waals surface area (Å²) in [7, 11) is -4.00.